The van der Waals surface area contributed by atoms with E-state index in [1.54, 1.807) is 0 Å². The van der Waals surface area contributed by atoms with Gasteiger partial charge in [-0.2, -0.15) is 5.10 Å². The van der Waals surface area contributed by atoms with E-state index in [9.17, 15) is 13.6 Å². The molecule has 0 aliphatic carbocycles. The molecule has 3 rings (SSSR count). The number of amides is 1. The summed E-state index contributed by atoms with van der Waals surface area (Å²) in [7, 11) is 1.40. The summed E-state index contributed by atoms with van der Waals surface area (Å²) in [6.45, 7) is 6.36. The van der Waals surface area contributed by atoms with Crippen molar-refractivity contribution in [3.8, 4) is 5.75 Å². The zero-order valence-electron chi connectivity index (χ0n) is 17.3. The predicted octanol–water partition coefficient (Wildman–Crippen LogP) is 4.42. The Morgan fingerprint density at radius 2 is 1.90 bits per heavy atom. The second-order valence-corrected chi connectivity index (χ2v) is 7.95. The fourth-order valence-corrected chi connectivity index (χ4v) is 2.89. The Bertz CT molecular complexity index is 1030. The van der Waals surface area contributed by atoms with Crippen molar-refractivity contribution in [2.75, 3.05) is 12.4 Å². The van der Waals surface area contributed by atoms with E-state index in [4.69, 9.17) is 4.74 Å². The molecule has 158 valence electrons. The summed E-state index contributed by atoms with van der Waals surface area (Å²) >= 11 is 0. The summed E-state index contributed by atoms with van der Waals surface area (Å²) in [6, 6.07) is 11.5. The summed E-state index contributed by atoms with van der Waals surface area (Å²) < 4.78 is 33.7. The third-order valence-electron chi connectivity index (χ3n) is 4.62. The van der Waals surface area contributed by atoms with Crippen LogP contribution >= 0.6 is 0 Å². The number of benzene rings is 2. The van der Waals surface area contributed by atoms with Crippen LogP contribution in [-0.4, -0.2) is 28.0 Å². The summed E-state index contributed by atoms with van der Waals surface area (Å²) in [5, 5.41) is 10.3. The van der Waals surface area contributed by atoms with Gasteiger partial charge < -0.3 is 10.1 Å². The maximum atomic E-state index is 14.7. The number of hydrogen-bond acceptors (Lipinski definition) is 4. The van der Waals surface area contributed by atoms with E-state index in [1.807, 2.05) is 24.3 Å². The van der Waals surface area contributed by atoms with Gasteiger partial charge in [-0.1, -0.05) is 45.0 Å². The number of methoxy groups -OCH3 is 1. The zero-order valence-corrected chi connectivity index (χ0v) is 17.3. The van der Waals surface area contributed by atoms with Gasteiger partial charge >= 0.3 is 0 Å². The molecule has 6 nitrogen and oxygen atoms in total. The minimum absolute atomic E-state index is 0.0322. The van der Waals surface area contributed by atoms with E-state index in [0.717, 1.165) is 11.6 Å². The van der Waals surface area contributed by atoms with Crippen LogP contribution in [-0.2, 0) is 16.6 Å². The van der Waals surface area contributed by atoms with Crippen LogP contribution in [0.3, 0.4) is 0 Å². The lowest BCUT2D eigenvalue weighted by Crippen LogP contribution is -2.16. The second-order valence-electron chi connectivity index (χ2n) is 7.95. The van der Waals surface area contributed by atoms with E-state index in [0.29, 0.717) is 10.5 Å². The number of ether oxygens (including phenoxy) is 1. The van der Waals surface area contributed by atoms with Gasteiger partial charge in [-0.05, 0) is 34.7 Å². The average Bonchev–Trinajstić information content (AvgIpc) is 3.16. The highest BCUT2D eigenvalue weighted by Crippen LogP contribution is 2.26. The highest BCUT2D eigenvalue weighted by Gasteiger charge is 2.20. The summed E-state index contributed by atoms with van der Waals surface area (Å²) in [5.41, 5.74) is 1.79. The van der Waals surface area contributed by atoms with Crippen molar-refractivity contribution in [3.63, 3.8) is 0 Å². The van der Waals surface area contributed by atoms with Gasteiger partial charge in [-0.3, -0.25) is 4.79 Å². The molecule has 0 spiro atoms. The van der Waals surface area contributed by atoms with Crippen LogP contribution in [0.25, 0.3) is 0 Å². The number of aromatic nitrogens is 3. The molecule has 0 bridgehead atoms. The van der Waals surface area contributed by atoms with E-state index >= 15 is 0 Å². The van der Waals surface area contributed by atoms with Crippen molar-refractivity contribution >= 4 is 11.7 Å². The Balaban J connectivity index is 1.66. The first kappa shape index (κ1) is 21.4. The van der Waals surface area contributed by atoms with E-state index < -0.39 is 12.1 Å². The molecular formula is C22H24F2N4O2. The molecule has 0 radical (unpaired) electrons. The molecule has 1 N–H and O–H groups in total. The number of nitrogens with zero attached hydrogens (tertiary/aromatic N) is 3. The third kappa shape index (κ3) is 5.00. The number of anilines is 1. The Labute approximate surface area is 173 Å². The van der Waals surface area contributed by atoms with Crippen LogP contribution in [0, 0.1) is 5.82 Å². The number of carbonyl (C=O) groups is 1. The molecule has 2 aromatic carbocycles. The summed E-state index contributed by atoms with van der Waals surface area (Å²) in [5.74, 6) is -0.664. The van der Waals surface area contributed by atoms with E-state index in [1.165, 1.54) is 31.0 Å². The molecule has 1 unspecified atom stereocenters. The van der Waals surface area contributed by atoms with Crippen molar-refractivity contribution in [2.45, 2.75) is 38.9 Å². The predicted molar refractivity (Wildman–Crippen MR) is 110 cm³/mol. The fraction of sp³-hybridized carbons (Fsp3) is 0.318. The zero-order chi connectivity index (χ0) is 21.9. The van der Waals surface area contributed by atoms with E-state index in [2.05, 4.69) is 36.3 Å². The molecule has 0 fully saturated rings. The maximum absolute atomic E-state index is 14.7. The molecule has 8 heteroatoms. The third-order valence-corrected chi connectivity index (χ3v) is 4.62. The van der Waals surface area contributed by atoms with Gasteiger partial charge in [0.05, 0.1) is 19.7 Å². The van der Waals surface area contributed by atoms with Crippen molar-refractivity contribution in [1.82, 2.24) is 15.0 Å². The molecule has 0 aliphatic rings. The normalized spacial score (nSPS) is 12.5. The number of carbonyl (C=O) groups excluding carboxylic acids is 1. The SMILES string of the molecule is COc1ccc(F)c(C(F)n2ncc(NC(=O)Cc3ccc(C(C)(C)C)cc3)n2)c1. The van der Waals surface area contributed by atoms with Crippen molar-refractivity contribution in [1.29, 1.82) is 0 Å². The molecule has 30 heavy (non-hydrogen) atoms. The quantitative estimate of drug-likeness (QED) is 0.648. The van der Waals surface area contributed by atoms with E-state index in [-0.39, 0.29) is 29.1 Å². The first-order valence-corrected chi connectivity index (χ1v) is 9.46. The van der Waals surface area contributed by atoms with Gasteiger partial charge in [0.1, 0.15) is 11.6 Å². The molecular weight excluding hydrogens is 390 g/mol. The lowest BCUT2D eigenvalue weighted by atomic mass is 9.86. The number of nitrogens with one attached hydrogen (secondary N) is 1. The molecule has 0 saturated heterocycles. The monoisotopic (exact) mass is 414 g/mol. The minimum atomic E-state index is -1.96. The molecule has 1 heterocycles. The van der Waals surface area contributed by atoms with Crippen LogP contribution in [0.4, 0.5) is 14.6 Å². The Morgan fingerprint density at radius 1 is 1.20 bits per heavy atom. The molecule has 0 aliphatic heterocycles. The van der Waals surface area contributed by atoms with Crippen molar-refractivity contribution in [2.24, 2.45) is 0 Å². The second kappa shape index (κ2) is 8.61. The smallest absolute Gasteiger partial charge is 0.238 e. The fourth-order valence-electron chi connectivity index (χ4n) is 2.89. The minimum Gasteiger partial charge on any atom is -0.497 e. The molecule has 1 atom stereocenters. The van der Waals surface area contributed by atoms with Gasteiger partial charge in [-0.25, -0.2) is 8.78 Å². The first-order chi connectivity index (χ1) is 14.2. The van der Waals surface area contributed by atoms with Gasteiger partial charge in [0.15, 0.2) is 5.82 Å². The molecule has 1 aromatic heterocycles. The highest BCUT2D eigenvalue weighted by molar-refractivity contribution is 5.91. The maximum Gasteiger partial charge on any atom is 0.238 e. The van der Waals surface area contributed by atoms with Crippen LogP contribution in [0.5, 0.6) is 5.75 Å². The highest BCUT2D eigenvalue weighted by atomic mass is 19.1. The Kier molecular flexibility index (Phi) is 6.14. The standard InChI is InChI=1S/C22H24F2N4O2/c1-22(2,3)15-7-5-14(6-8-15)11-20(29)26-19-13-25-28(27-19)21(24)17-12-16(30-4)9-10-18(17)23/h5-10,12-13,21H,11H2,1-4H3,(H,26,27,29). The molecule has 3 aromatic rings. The largest absolute Gasteiger partial charge is 0.497 e. The number of hydrogen-bond donors (Lipinski definition) is 1. The van der Waals surface area contributed by atoms with Crippen LogP contribution < -0.4 is 10.1 Å². The summed E-state index contributed by atoms with van der Waals surface area (Å²) in [4.78, 5) is 13.0. The van der Waals surface area contributed by atoms with Crippen LogP contribution in [0.1, 0.15) is 43.8 Å². The first-order valence-electron chi connectivity index (χ1n) is 9.46. The van der Waals surface area contributed by atoms with Gasteiger partial charge in [0.2, 0.25) is 12.2 Å². The lowest BCUT2D eigenvalue weighted by Gasteiger charge is -2.19. The molecule has 1 amide bonds. The summed E-state index contributed by atoms with van der Waals surface area (Å²) in [6.07, 6.45) is -0.609. The Hall–Kier alpha value is -3.29. The van der Waals surface area contributed by atoms with Crippen LogP contribution in [0.15, 0.2) is 48.7 Å². The number of halogens is 2. The average molecular weight is 414 g/mol. The van der Waals surface area contributed by atoms with Gasteiger partial charge in [-0.15, -0.1) is 9.90 Å². The Morgan fingerprint density at radius 3 is 2.53 bits per heavy atom. The van der Waals surface area contributed by atoms with Gasteiger partial charge in [0.25, 0.3) is 0 Å². The van der Waals surface area contributed by atoms with Crippen molar-refractivity contribution in [3.05, 3.63) is 71.2 Å². The number of alkyl halides is 1. The van der Waals surface area contributed by atoms with Crippen molar-refractivity contribution < 1.29 is 18.3 Å². The lowest BCUT2D eigenvalue weighted by molar-refractivity contribution is -0.115. The van der Waals surface area contributed by atoms with Gasteiger partial charge in [0, 0.05) is 5.56 Å². The topological polar surface area (TPSA) is 69.0 Å². The molecule has 0 saturated carbocycles. The van der Waals surface area contributed by atoms with Crippen LogP contribution in [0.2, 0.25) is 0 Å². The number of rotatable bonds is 6.